The van der Waals surface area contributed by atoms with Gasteiger partial charge in [-0.1, -0.05) is 0 Å². The van der Waals surface area contributed by atoms with Gasteiger partial charge in [-0.15, -0.1) is 0 Å². The van der Waals surface area contributed by atoms with Gasteiger partial charge in [-0.25, -0.2) is 28.8 Å². The molecule has 0 saturated carbocycles. The van der Waals surface area contributed by atoms with Crippen LogP contribution >= 0.6 is 0 Å². The number of hydrogen-bond acceptors (Lipinski definition) is 25. The van der Waals surface area contributed by atoms with Gasteiger partial charge in [-0.05, 0) is 30.3 Å². The second-order valence-corrected chi connectivity index (χ2v) is 15.1. The minimum Gasteiger partial charge on any atom is -0.505 e. The Morgan fingerprint density at radius 1 is 0.627 bits per heavy atom. The number of rotatable bonds is 3. The SMILES string of the molecule is O=C(O)/C=C1\C(=O)O[C@H]2[C@@H]3OC(=O)c4cc(O)c(O)c(O)c4-c4c(cc(O)c(O)c4O)C(=O)OC[C@H]2O[C@@H](OC(=O)c2cc(O)c(O)c(O)c2)[C@@H]3OC(=O)C2=CC(O)=C(O)[C@H]3OC(=O)C[C@@H]1[C@@H]23. The minimum atomic E-state index is -2.51. The number of phenolic OH excluding ortho intramolecular Hbond substituents is 9. The molecule has 0 spiro atoms. The number of carboxylic acids is 1. The topological polar surface area (TPSA) is 427 Å². The molecule has 4 bridgehead atoms. The van der Waals surface area contributed by atoms with Crippen LogP contribution in [0, 0.1) is 11.8 Å². The fraction of sp³-hybridized carbons (Fsp3) is 0.244. The number of benzene rings is 3. The molecule has 0 aromatic heterocycles. The van der Waals surface area contributed by atoms with Gasteiger partial charge in [0, 0.05) is 40.2 Å². The molecule has 3 aromatic carbocycles. The van der Waals surface area contributed by atoms with E-state index in [2.05, 4.69) is 0 Å². The van der Waals surface area contributed by atoms with E-state index in [4.69, 9.17) is 33.2 Å². The molecule has 350 valence electrons. The van der Waals surface area contributed by atoms with Crippen LogP contribution in [0.5, 0.6) is 51.7 Å². The number of aliphatic carboxylic acids is 1. The van der Waals surface area contributed by atoms with Crippen molar-refractivity contribution in [1.29, 1.82) is 0 Å². The van der Waals surface area contributed by atoms with Gasteiger partial charge in [-0.2, -0.15) is 0 Å². The summed E-state index contributed by atoms with van der Waals surface area (Å²) in [6.07, 6.45) is -14.1. The van der Waals surface area contributed by atoms with Gasteiger partial charge >= 0.3 is 41.8 Å². The van der Waals surface area contributed by atoms with Crippen LogP contribution in [-0.2, 0) is 52.3 Å². The molecule has 3 fully saturated rings. The van der Waals surface area contributed by atoms with Crippen molar-refractivity contribution in [1.82, 2.24) is 0 Å². The van der Waals surface area contributed by atoms with Crippen LogP contribution in [0.1, 0.15) is 37.5 Å². The lowest BCUT2D eigenvalue weighted by Gasteiger charge is -2.44. The van der Waals surface area contributed by atoms with Crippen LogP contribution in [0.4, 0.5) is 0 Å². The largest absolute Gasteiger partial charge is 0.505 e. The third-order valence-corrected chi connectivity index (χ3v) is 11.2. The fourth-order valence-corrected chi connectivity index (χ4v) is 8.13. The molecule has 4 aliphatic heterocycles. The second-order valence-electron chi connectivity index (χ2n) is 15.1. The van der Waals surface area contributed by atoms with Crippen LogP contribution in [0.25, 0.3) is 11.1 Å². The van der Waals surface area contributed by atoms with E-state index in [1.165, 1.54) is 0 Å². The van der Waals surface area contributed by atoms with Crippen molar-refractivity contribution in [2.45, 2.75) is 43.2 Å². The van der Waals surface area contributed by atoms with Crippen molar-refractivity contribution in [3.8, 4) is 62.9 Å². The first-order valence-corrected chi connectivity index (χ1v) is 19.0. The zero-order valence-corrected chi connectivity index (χ0v) is 33.1. The van der Waals surface area contributed by atoms with Gasteiger partial charge in [-0.3, -0.25) is 4.79 Å². The Morgan fingerprint density at radius 2 is 1.18 bits per heavy atom. The van der Waals surface area contributed by atoms with Crippen LogP contribution in [0.3, 0.4) is 0 Å². The lowest BCUT2D eigenvalue weighted by atomic mass is 9.71. The Labute approximate surface area is 369 Å². The molecule has 26 nitrogen and oxygen atoms in total. The van der Waals surface area contributed by atoms with Crippen LogP contribution < -0.4 is 0 Å². The van der Waals surface area contributed by atoms with Crippen molar-refractivity contribution in [3.05, 3.63) is 75.8 Å². The lowest BCUT2D eigenvalue weighted by molar-refractivity contribution is -0.290. The van der Waals surface area contributed by atoms with Crippen LogP contribution in [0.15, 0.2) is 59.1 Å². The summed E-state index contributed by atoms with van der Waals surface area (Å²) in [5.41, 5.74) is -6.79. The van der Waals surface area contributed by atoms with E-state index >= 15 is 0 Å². The fourth-order valence-electron chi connectivity index (χ4n) is 8.13. The van der Waals surface area contributed by atoms with E-state index in [0.717, 1.165) is 0 Å². The number of carbonyl (C=O) groups is 7. The molecule has 8 rings (SSSR count). The Bertz CT molecular complexity index is 2830. The van der Waals surface area contributed by atoms with E-state index in [9.17, 15) is 94.8 Å². The average Bonchev–Trinajstić information content (AvgIpc) is 3.27. The zero-order chi connectivity index (χ0) is 48.7. The highest BCUT2D eigenvalue weighted by Gasteiger charge is 2.58. The van der Waals surface area contributed by atoms with Gasteiger partial charge in [0.15, 0.2) is 70.1 Å². The zero-order valence-electron chi connectivity index (χ0n) is 33.1. The van der Waals surface area contributed by atoms with Gasteiger partial charge in [0.2, 0.25) is 23.9 Å². The van der Waals surface area contributed by atoms with E-state index in [0.29, 0.717) is 30.3 Å². The monoisotopic (exact) mass is 938 g/mol. The standard InChI is InChI=1S/C41H30O26/c42-15-1-9(2-16(43)26(15)50)36(56)67-41-35-34-32(64-38(58)11(6-21(47)48)10-7-22(49)63-33-23(10)12(39(59)66-35)3-19(46)29(33)53)20(62-41)8-61-37(57)13-4-17(44)27(51)30(54)24(13)25-14(40(60)65-34)5-18(45)28(52)31(25)55/h1-6,10,20,23,32-35,41-46,50-55H,7-8H2,(H,47,48)/b11-6-/t10-,20+,23-,32+,33-,34-,35+,41-/m0/s1. The average molecular weight is 939 g/mol. The number of ether oxygens (including phenoxy) is 7. The number of aromatic hydroxyl groups is 9. The summed E-state index contributed by atoms with van der Waals surface area (Å²) in [4.78, 5) is 96.5. The molecule has 12 N–H and O–H groups in total. The minimum absolute atomic E-state index is 0.251. The molecular weight excluding hydrogens is 908 g/mol. The summed E-state index contributed by atoms with van der Waals surface area (Å²) >= 11 is 0. The normalized spacial score (nSPS) is 26.5. The van der Waals surface area contributed by atoms with Crippen molar-refractivity contribution in [3.63, 3.8) is 0 Å². The quantitative estimate of drug-likeness (QED) is 0.0742. The molecule has 3 saturated heterocycles. The predicted molar refractivity (Wildman–Crippen MR) is 204 cm³/mol. The summed E-state index contributed by atoms with van der Waals surface area (Å²) in [5, 5.41) is 126. The first kappa shape index (κ1) is 44.5. The van der Waals surface area contributed by atoms with E-state index in [1.807, 2.05) is 0 Å². The molecule has 3 aromatic rings. The van der Waals surface area contributed by atoms with E-state index < -0.39 is 206 Å². The molecule has 67 heavy (non-hydrogen) atoms. The van der Waals surface area contributed by atoms with E-state index in [1.54, 1.807) is 0 Å². The van der Waals surface area contributed by atoms with Crippen molar-refractivity contribution < 1.29 is 128 Å². The predicted octanol–water partition coefficient (Wildman–Crippen LogP) is 0.645. The molecule has 26 heteroatoms. The Morgan fingerprint density at radius 3 is 1.78 bits per heavy atom. The van der Waals surface area contributed by atoms with Crippen molar-refractivity contribution in [2.75, 3.05) is 6.61 Å². The summed E-state index contributed by atoms with van der Waals surface area (Å²) in [6, 6.07) is 2.01. The third kappa shape index (κ3) is 7.44. The summed E-state index contributed by atoms with van der Waals surface area (Å²) in [6.45, 7) is -1.27. The Hall–Kier alpha value is -9.07. The van der Waals surface area contributed by atoms with Gasteiger partial charge in [0.25, 0.3) is 0 Å². The molecule has 1 aliphatic carbocycles. The lowest BCUT2D eigenvalue weighted by Crippen LogP contribution is -2.63. The summed E-state index contributed by atoms with van der Waals surface area (Å²) in [7, 11) is 0. The number of fused-ring (bicyclic) bond motifs is 3. The van der Waals surface area contributed by atoms with Crippen molar-refractivity contribution >= 4 is 41.8 Å². The van der Waals surface area contributed by atoms with Gasteiger partial charge < -0.3 is 94.4 Å². The maximum absolute atomic E-state index is 14.6. The van der Waals surface area contributed by atoms with Gasteiger partial charge in [0.05, 0.1) is 23.1 Å². The molecular formula is C41H30O26. The molecule has 4 heterocycles. The maximum Gasteiger partial charge on any atom is 0.340 e. The molecule has 0 amide bonds. The summed E-state index contributed by atoms with van der Waals surface area (Å²) in [5.74, 6) is -28.7. The number of carboxylic acid groups (broad SMARTS) is 1. The highest BCUT2D eigenvalue weighted by Crippen LogP contribution is 2.53. The number of phenols is 9. The highest BCUT2D eigenvalue weighted by molar-refractivity contribution is 6.08. The number of hydrogen-bond donors (Lipinski definition) is 12. The molecule has 0 unspecified atom stereocenters. The molecule has 5 aliphatic rings. The first-order valence-electron chi connectivity index (χ1n) is 19.0. The number of aliphatic hydroxyl groups is 2. The number of allylic oxidation sites excluding steroid dienone is 1. The van der Waals surface area contributed by atoms with Crippen LogP contribution in [-0.4, -0.2) is 146 Å². The summed E-state index contributed by atoms with van der Waals surface area (Å²) < 4.78 is 39.2. The maximum atomic E-state index is 14.6. The Kier molecular flexibility index (Phi) is 10.8. The van der Waals surface area contributed by atoms with Gasteiger partial charge in [0.1, 0.15) is 12.7 Å². The first-order chi connectivity index (χ1) is 31.6. The molecule has 8 atom stereocenters. The number of carbonyl (C=O) groups excluding carboxylic acids is 6. The van der Waals surface area contributed by atoms with Crippen LogP contribution in [0.2, 0.25) is 0 Å². The number of cyclic esters (lactones) is 1. The third-order valence-electron chi connectivity index (χ3n) is 11.2. The highest BCUT2D eigenvalue weighted by atomic mass is 16.7. The molecule has 0 radical (unpaired) electrons. The van der Waals surface area contributed by atoms with Crippen molar-refractivity contribution in [2.24, 2.45) is 11.8 Å². The number of esters is 6. The Balaban J connectivity index is 1.37. The van der Waals surface area contributed by atoms with E-state index in [-0.39, 0.29) is 6.08 Å². The second kappa shape index (κ2) is 16.2. The number of aliphatic hydroxyl groups excluding tert-OH is 2. The smallest absolute Gasteiger partial charge is 0.340 e.